The van der Waals surface area contributed by atoms with Crippen LogP contribution < -0.4 is 0 Å². The van der Waals surface area contributed by atoms with Gasteiger partial charge in [-0.2, -0.15) is 0 Å². The van der Waals surface area contributed by atoms with Crippen molar-refractivity contribution in [1.82, 2.24) is 14.9 Å². The highest BCUT2D eigenvalue weighted by atomic mass is 79.9. The molecule has 1 aromatic heterocycles. The number of imidazole rings is 1. The molecule has 0 bridgehead atoms. The molecule has 0 aliphatic rings. The molecule has 1 N–H and O–H groups in total. The number of hydrogen-bond acceptors (Lipinski definition) is 3. The predicted octanol–water partition coefficient (Wildman–Crippen LogP) is 4.64. The fraction of sp³-hybridized carbons (Fsp3) is 0.500. The summed E-state index contributed by atoms with van der Waals surface area (Å²) in [6.45, 7) is 7.60. The molecule has 1 amide bonds. The highest BCUT2D eigenvalue weighted by Crippen LogP contribution is 2.26. The minimum Gasteiger partial charge on any atom is -0.444 e. The number of rotatable bonds is 3. The Morgan fingerprint density at radius 2 is 2.14 bits per heavy atom. The quantitative estimate of drug-likeness (QED) is 0.858. The van der Waals surface area contributed by atoms with Gasteiger partial charge < -0.3 is 14.6 Å². The second-order valence-electron chi connectivity index (χ2n) is 6.30. The number of benzene rings is 1. The third-order valence-electron chi connectivity index (χ3n) is 3.31. The molecule has 2 rings (SSSR count). The molecular formula is C16H22BrN3O2. The minimum absolute atomic E-state index is 0.152. The third kappa shape index (κ3) is 3.80. The average molecular weight is 368 g/mol. The lowest BCUT2D eigenvalue weighted by Crippen LogP contribution is -2.36. The zero-order valence-corrected chi connectivity index (χ0v) is 15.2. The largest absolute Gasteiger partial charge is 0.444 e. The first-order chi connectivity index (χ1) is 10.2. The van der Waals surface area contributed by atoms with E-state index in [1.165, 1.54) is 0 Å². The standard InChI is InChI=1S/C16H22BrN3O2/c1-6-13(20(5)15(21)22-16(2,3)4)14-18-11-8-7-10(17)9-12(11)19-14/h7-9,13H,6H2,1-5H3,(H,18,19)/t13-/m0/s1. The van der Waals surface area contributed by atoms with Crippen molar-refractivity contribution in [3.05, 3.63) is 28.5 Å². The van der Waals surface area contributed by atoms with Crippen LogP contribution in [0, 0.1) is 0 Å². The molecule has 0 aliphatic heterocycles. The van der Waals surface area contributed by atoms with Gasteiger partial charge in [-0.25, -0.2) is 9.78 Å². The van der Waals surface area contributed by atoms with E-state index in [4.69, 9.17) is 4.74 Å². The van der Waals surface area contributed by atoms with Crippen LogP contribution in [0.1, 0.15) is 46.0 Å². The maximum Gasteiger partial charge on any atom is 0.410 e. The Hall–Kier alpha value is -1.56. The maximum atomic E-state index is 12.3. The summed E-state index contributed by atoms with van der Waals surface area (Å²) in [5.41, 5.74) is 1.32. The first-order valence-corrected chi connectivity index (χ1v) is 8.11. The normalized spacial score (nSPS) is 13.2. The van der Waals surface area contributed by atoms with E-state index in [0.717, 1.165) is 27.8 Å². The lowest BCUT2D eigenvalue weighted by Gasteiger charge is -2.29. The van der Waals surface area contributed by atoms with Gasteiger partial charge in [0.2, 0.25) is 0 Å². The van der Waals surface area contributed by atoms with E-state index in [2.05, 4.69) is 25.9 Å². The van der Waals surface area contributed by atoms with Crippen molar-refractivity contribution in [2.24, 2.45) is 0 Å². The number of fused-ring (bicyclic) bond motifs is 1. The van der Waals surface area contributed by atoms with Gasteiger partial charge in [-0.3, -0.25) is 0 Å². The molecule has 0 unspecified atom stereocenters. The Bertz CT molecular complexity index is 676. The smallest absolute Gasteiger partial charge is 0.410 e. The van der Waals surface area contributed by atoms with Crippen LogP contribution in [0.4, 0.5) is 4.79 Å². The molecule has 0 saturated heterocycles. The molecule has 0 saturated carbocycles. The third-order valence-corrected chi connectivity index (χ3v) is 3.81. The van der Waals surface area contributed by atoms with E-state index in [1.54, 1.807) is 11.9 Å². The second-order valence-corrected chi connectivity index (χ2v) is 7.21. The predicted molar refractivity (Wildman–Crippen MR) is 90.8 cm³/mol. The van der Waals surface area contributed by atoms with Crippen molar-refractivity contribution >= 4 is 33.1 Å². The van der Waals surface area contributed by atoms with E-state index in [9.17, 15) is 4.79 Å². The molecule has 22 heavy (non-hydrogen) atoms. The number of nitrogens with zero attached hydrogens (tertiary/aromatic N) is 2. The van der Waals surface area contributed by atoms with Crippen LogP contribution in [-0.4, -0.2) is 33.6 Å². The van der Waals surface area contributed by atoms with Crippen molar-refractivity contribution in [1.29, 1.82) is 0 Å². The fourth-order valence-electron chi connectivity index (χ4n) is 2.27. The summed E-state index contributed by atoms with van der Waals surface area (Å²) in [5, 5.41) is 0. The Morgan fingerprint density at radius 1 is 1.45 bits per heavy atom. The number of nitrogens with one attached hydrogen (secondary N) is 1. The number of halogens is 1. The van der Waals surface area contributed by atoms with Crippen LogP contribution in [0.3, 0.4) is 0 Å². The van der Waals surface area contributed by atoms with Crippen LogP contribution in [0.2, 0.25) is 0 Å². The molecule has 0 fully saturated rings. The summed E-state index contributed by atoms with van der Waals surface area (Å²) in [6.07, 6.45) is 0.400. The molecule has 5 nitrogen and oxygen atoms in total. The molecule has 1 aromatic carbocycles. The summed E-state index contributed by atoms with van der Waals surface area (Å²) in [5.74, 6) is 0.768. The van der Waals surface area contributed by atoms with Crippen molar-refractivity contribution in [3.63, 3.8) is 0 Å². The van der Waals surface area contributed by atoms with Gasteiger partial charge in [0, 0.05) is 11.5 Å². The molecule has 1 heterocycles. The highest BCUT2D eigenvalue weighted by molar-refractivity contribution is 9.10. The van der Waals surface area contributed by atoms with E-state index in [1.807, 2.05) is 45.9 Å². The SMILES string of the molecule is CC[C@@H](c1nc2ccc(Br)cc2[nH]1)N(C)C(=O)OC(C)(C)C. The lowest BCUT2D eigenvalue weighted by molar-refractivity contribution is 0.0209. The van der Waals surface area contributed by atoms with Crippen molar-refractivity contribution < 1.29 is 9.53 Å². The number of aromatic nitrogens is 2. The zero-order valence-electron chi connectivity index (χ0n) is 13.6. The first-order valence-electron chi connectivity index (χ1n) is 7.32. The Balaban J connectivity index is 2.27. The Labute approximate surface area is 139 Å². The number of ether oxygens (including phenoxy) is 1. The summed E-state index contributed by atoms with van der Waals surface area (Å²) in [6, 6.07) is 5.72. The number of carbonyl (C=O) groups is 1. The van der Waals surface area contributed by atoms with Crippen molar-refractivity contribution in [2.45, 2.75) is 45.8 Å². The van der Waals surface area contributed by atoms with Crippen molar-refractivity contribution in [3.8, 4) is 0 Å². The van der Waals surface area contributed by atoms with Crippen LogP contribution in [0.15, 0.2) is 22.7 Å². The van der Waals surface area contributed by atoms with Gasteiger partial charge >= 0.3 is 6.09 Å². The topological polar surface area (TPSA) is 58.2 Å². The second kappa shape index (κ2) is 6.28. The van der Waals surface area contributed by atoms with E-state index in [0.29, 0.717) is 0 Å². The summed E-state index contributed by atoms with van der Waals surface area (Å²) < 4.78 is 6.42. The van der Waals surface area contributed by atoms with Crippen LogP contribution >= 0.6 is 15.9 Å². The molecule has 0 radical (unpaired) electrons. The van der Waals surface area contributed by atoms with Crippen LogP contribution in [-0.2, 0) is 4.74 Å². The number of amides is 1. The van der Waals surface area contributed by atoms with Crippen LogP contribution in [0.5, 0.6) is 0 Å². The molecule has 0 aliphatic carbocycles. The number of hydrogen-bond donors (Lipinski definition) is 1. The van der Waals surface area contributed by atoms with Crippen molar-refractivity contribution in [2.75, 3.05) is 7.05 Å². The summed E-state index contributed by atoms with van der Waals surface area (Å²) in [7, 11) is 1.74. The Kier molecular flexibility index (Phi) is 4.80. The molecule has 120 valence electrons. The number of carbonyl (C=O) groups excluding carboxylic acids is 1. The minimum atomic E-state index is -0.512. The van der Waals surface area contributed by atoms with E-state index in [-0.39, 0.29) is 12.1 Å². The molecule has 6 heteroatoms. The van der Waals surface area contributed by atoms with Crippen LogP contribution in [0.25, 0.3) is 11.0 Å². The zero-order chi connectivity index (χ0) is 16.5. The fourth-order valence-corrected chi connectivity index (χ4v) is 2.63. The molecule has 0 spiro atoms. The van der Waals surface area contributed by atoms with Gasteiger partial charge in [-0.15, -0.1) is 0 Å². The summed E-state index contributed by atoms with van der Waals surface area (Å²) >= 11 is 3.45. The maximum absolute atomic E-state index is 12.3. The van der Waals surface area contributed by atoms with Gasteiger partial charge in [0.1, 0.15) is 11.4 Å². The van der Waals surface area contributed by atoms with Gasteiger partial charge in [0.05, 0.1) is 17.1 Å². The van der Waals surface area contributed by atoms with Gasteiger partial charge in [0.15, 0.2) is 0 Å². The molecule has 2 aromatic rings. The first kappa shape index (κ1) is 16.8. The number of H-pyrrole nitrogens is 1. The monoisotopic (exact) mass is 367 g/mol. The Morgan fingerprint density at radius 3 is 2.73 bits per heavy atom. The summed E-state index contributed by atoms with van der Waals surface area (Å²) in [4.78, 5) is 21.7. The van der Waals surface area contributed by atoms with Gasteiger partial charge in [-0.05, 0) is 45.4 Å². The highest BCUT2D eigenvalue weighted by Gasteiger charge is 2.27. The van der Waals surface area contributed by atoms with Gasteiger partial charge in [-0.1, -0.05) is 22.9 Å². The average Bonchev–Trinajstić information content (AvgIpc) is 2.79. The lowest BCUT2D eigenvalue weighted by atomic mass is 10.2. The van der Waals surface area contributed by atoms with Gasteiger partial charge in [0.25, 0.3) is 0 Å². The number of aromatic amines is 1. The van der Waals surface area contributed by atoms with E-state index < -0.39 is 5.60 Å². The van der Waals surface area contributed by atoms with E-state index >= 15 is 0 Å². The molecular weight excluding hydrogens is 346 g/mol. The molecule has 1 atom stereocenters.